The van der Waals surface area contributed by atoms with Crippen LogP contribution in [0.2, 0.25) is 0 Å². The summed E-state index contributed by atoms with van der Waals surface area (Å²) < 4.78 is 129. The summed E-state index contributed by atoms with van der Waals surface area (Å²) in [7, 11) is -4.37. The van der Waals surface area contributed by atoms with Gasteiger partial charge in [-0.05, 0) is 42.0 Å². The van der Waals surface area contributed by atoms with E-state index in [9.17, 15) is 34.8 Å². The van der Waals surface area contributed by atoms with E-state index >= 15 is 4.39 Å². The third-order valence-corrected chi connectivity index (χ3v) is 8.74. The van der Waals surface area contributed by atoms with Gasteiger partial charge in [-0.25, -0.2) is 12.8 Å². The Kier molecular flexibility index (Phi) is 7.61. The van der Waals surface area contributed by atoms with Crippen molar-refractivity contribution >= 4 is 20.9 Å². The highest BCUT2D eigenvalue weighted by atomic mass is 32.2. The molecule has 39 heavy (non-hydrogen) atoms. The molecule has 1 aromatic heterocycles. The first-order valence-corrected chi connectivity index (χ1v) is 14.0. The second-order valence-electron chi connectivity index (χ2n) is 11.2. The van der Waals surface area contributed by atoms with Crippen molar-refractivity contribution in [1.82, 2.24) is 9.29 Å². The van der Waals surface area contributed by atoms with Crippen molar-refractivity contribution in [1.29, 1.82) is 0 Å². The first-order valence-electron chi connectivity index (χ1n) is 12.5. The van der Waals surface area contributed by atoms with Crippen LogP contribution in [0.3, 0.4) is 0 Å². The number of nitrogens with one attached hydrogen (secondary N) is 1. The molecule has 1 fully saturated rings. The predicted molar refractivity (Wildman–Crippen MR) is 135 cm³/mol. The van der Waals surface area contributed by atoms with Gasteiger partial charge in [0, 0.05) is 34.8 Å². The summed E-state index contributed by atoms with van der Waals surface area (Å²) in [6.45, 7) is 5.57. The molecule has 12 heteroatoms. The SMILES string of the molecule is CC(C)(C)Cn1cc(C(NS(=O)(=O)C2CCCC2)C(F)(F)F)c2cc(F)c(-c3ccccc3C(F)(F)F)cc21. The molecule has 1 atom stereocenters. The lowest BCUT2D eigenvalue weighted by atomic mass is 9.95. The van der Waals surface area contributed by atoms with Gasteiger partial charge in [-0.1, -0.05) is 51.8 Å². The summed E-state index contributed by atoms with van der Waals surface area (Å²) in [4.78, 5) is 0. The summed E-state index contributed by atoms with van der Waals surface area (Å²) in [5.74, 6) is -1.16. The molecule has 2 aromatic carbocycles. The zero-order chi connectivity index (χ0) is 29.0. The standard InChI is InChI=1S/C27H29F7N2O2S/c1-25(2,3)15-36-14-20(24(27(32,33)34)35-39(37,38)16-8-4-5-9-16)19-12-22(28)18(13-23(19)36)17-10-6-7-11-21(17)26(29,30)31/h6-7,10-14,16,24,35H,4-5,8-9,15H2,1-3H3. The number of sulfonamides is 1. The van der Waals surface area contributed by atoms with E-state index in [-0.39, 0.29) is 30.3 Å². The second kappa shape index (κ2) is 10.1. The summed E-state index contributed by atoms with van der Waals surface area (Å²) in [5.41, 5.74) is -2.91. The smallest absolute Gasteiger partial charge is 0.347 e. The summed E-state index contributed by atoms with van der Waals surface area (Å²) >= 11 is 0. The van der Waals surface area contributed by atoms with E-state index < -0.39 is 67.2 Å². The third-order valence-electron chi connectivity index (χ3n) is 6.83. The van der Waals surface area contributed by atoms with Gasteiger partial charge in [0.05, 0.1) is 10.8 Å². The summed E-state index contributed by atoms with van der Waals surface area (Å²) in [5, 5.41) is -1.20. The highest BCUT2D eigenvalue weighted by Crippen LogP contribution is 2.43. The van der Waals surface area contributed by atoms with E-state index in [1.54, 1.807) is 0 Å². The number of nitrogens with zero attached hydrogens (tertiary/aromatic N) is 1. The molecule has 1 aliphatic carbocycles. The molecule has 0 spiro atoms. The number of rotatable bonds is 6. The zero-order valence-corrected chi connectivity index (χ0v) is 22.4. The third kappa shape index (κ3) is 6.26. The molecule has 1 aliphatic rings. The van der Waals surface area contributed by atoms with Crippen molar-refractivity contribution in [2.45, 2.75) is 76.6 Å². The molecule has 0 radical (unpaired) electrons. The molecule has 1 N–H and O–H groups in total. The van der Waals surface area contributed by atoms with Crippen LogP contribution in [-0.2, 0) is 22.7 Å². The van der Waals surface area contributed by atoms with Crippen LogP contribution in [0.4, 0.5) is 30.7 Å². The van der Waals surface area contributed by atoms with Crippen LogP contribution in [0.5, 0.6) is 0 Å². The Bertz CT molecular complexity index is 1460. The fourth-order valence-corrected chi connectivity index (χ4v) is 6.88. The fraction of sp³-hybridized carbons (Fsp3) is 0.481. The maximum atomic E-state index is 15.4. The number of halogens is 7. The van der Waals surface area contributed by atoms with E-state index in [2.05, 4.69) is 0 Å². The normalized spacial score (nSPS) is 16.8. The molecule has 0 aliphatic heterocycles. The van der Waals surface area contributed by atoms with E-state index in [1.807, 2.05) is 25.5 Å². The van der Waals surface area contributed by atoms with Crippen molar-refractivity contribution < 1.29 is 39.2 Å². The average molecular weight is 579 g/mol. The molecule has 1 unspecified atom stereocenters. The lowest BCUT2D eigenvalue weighted by Gasteiger charge is -2.23. The molecule has 4 rings (SSSR count). The van der Waals surface area contributed by atoms with Crippen LogP contribution in [0, 0.1) is 11.2 Å². The first kappa shape index (κ1) is 29.4. The molecule has 0 bridgehead atoms. The number of benzene rings is 2. The second-order valence-corrected chi connectivity index (χ2v) is 13.2. The first-order chi connectivity index (χ1) is 17.9. The average Bonchev–Trinajstić information content (AvgIpc) is 3.44. The van der Waals surface area contributed by atoms with Crippen LogP contribution in [0.25, 0.3) is 22.0 Å². The Morgan fingerprint density at radius 1 is 0.974 bits per heavy atom. The van der Waals surface area contributed by atoms with Crippen molar-refractivity contribution in [2.75, 3.05) is 0 Å². The summed E-state index contributed by atoms with van der Waals surface area (Å²) in [6.07, 6.45) is -7.10. The van der Waals surface area contributed by atoms with Crippen LogP contribution < -0.4 is 4.72 Å². The highest BCUT2D eigenvalue weighted by Gasteiger charge is 2.46. The minimum Gasteiger partial charge on any atom is -0.347 e. The largest absolute Gasteiger partial charge is 0.417 e. The topological polar surface area (TPSA) is 51.1 Å². The highest BCUT2D eigenvalue weighted by molar-refractivity contribution is 7.90. The van der Waals surface area contributed by atoms with E-state index in [4.69, 9.17) is 0 Å². The minimum absolute atomic E-state index is 0.0580. The van der Waals surface area contributed by atoms with Gasteiger partial charge in [0.25, 0.3) is 0 Å². The van der Waals surface area contributed by atoms with Crippen molar-refractivity contribution in [3.05, 3.63) is 59.5 Å². The fourth-order valence-electron chi connectivity index (χ4n) is 5.15. The lowest BCUT2D eigenvalue weighted by Crippen LogP contribution is -2.42. The Labute approximate surface area is 222 Å². The maximum Gasteiger partial charge on any atom is 0.417 e. The monoisotopic (exact) mass is 578 g/mol. The van der Waals surface area contributed by atoms with Crippen molar-refractivity contribution in [3.63, 3.8) is 0 Å². The lowest BCUT2D eigenvalue weighted by molar-refractivity contribution is -0.152. The van der Waals surface area contributed by atoms with Gasteiger partial charge in [-0.15, -0.1) is 0 Å². The molecule has 3 aromatic rings. The quantitative estimate of drug-likeness (QED) is 0.302. The predicted octanol–water partition coefficient (Wildman–Crippen LogP) is 7.98. The van der Waals surface area contributed by atoms with Gasteiger partial charge < -0.3 is 4.57 Å². The number of alkyl halides is 6. The van der Waals surface area contributed by atoms with Gasteiger partial charge in [-0.2, -0.15) is 31.1 Å². The molecule has 1 saturated carbocycles. The van der Waals surface area contributed by atoms with Gasteiger partial charge in [-0.3, -0.25) is 0 Å². The van der Waals surface area contributed by atoms with Gasteiger partial charge >= 0.3 is 12.4 Å². The van der Waals surface area contributed by atoms with E-state index in [1.165, 1.54) is 10.6 Å². The number of fused-ring (bicyclic) bond motifs is 1. The molecule has 1 heterocycles. The maximum absolute atomic E-state index is 15.4. The molecule has 0 saturated heterocycles. The Balaban J connectivity index is 1.94. The molecule has 0 amide bonds. The number of hydrogen-bond donors (Lipinski definition) is 1. The number of hydrogen-bond acceptors (Lipinski definition) is 2. The molecular weight excluding hydrogens is 549 g/mol. The van der Waals surface area contributed by atoms with Gasteiger partial charge in [0.2, 0.25) is 10.0 Å². The van der Waals surface area contributed by atoms with E-state index in [0.29, 0.717) is 12.8 Å². The van der Waals surface area contributed by atoms with Gasteiger partial charge in [0.15, 0.2) is 0 Å². The van der Waals surface area contributed by atoms with Crippen molar-refractivity contribution in [2.24, 2.45) is 5.41 Å². The van der Waals surface area contributed by atoms with E-state index in [0.717, 1.165) is 36.5 Å². The van der Waals surface area contributed by atoms with Crippen LogP contribution >= 0.6 is 0 Å². The summed E-state index contributed by atoms with van der Waals surface area (Å²) in [6, 6.07) is 3.56. The minimum atomic E-state index is -5.06. The van der Waals surface area contributed by atoms with Crippen LogP contribution in [-0.4, -0.2) is 24.4 Å². The van der Waals surface area contributed by atoms with Crippen LogP contribution in [0.15, 0.2) is 42.6 Å². The molecular formula is C27H29F7N2O2S. The van der Waals surface area contributed by atoms with Crippen molar-refractivity contribution in [3.8, 4) is 11.1 Å². The zero-order valence-electron chi connectivity index (χ0n) is 21.5. The van der Waals surface area contributed by atoms with Gasteiger partial charge in [0.1, 0.15) is 11.9 Å². The van der Waals surface area contributed by atoms with Crippen LogP contribution in [0.1, 0.15) is 63.6 Å². The Morgan fingerprint density at radius 2 is 1.59 bits per heavy atom. The Hall–Kier alpha value is -2.60. The Morgan fingerprint density at radius 3 is 2.15 bits per heavy atom. The number of aromatic nitrogens is 1. The molecule has 4 nitrogen and oxygen atoms in total. The molecule has 214 valence electrons.